The van der Waals surface area contributed by atoms with E-state index in [0.29, 0.717) is 6.20 Å². The molecule has 2 aromatic rings. The molecule has 1 aromatic carbocycles. The van der Waals surface area contributed by atoms with Crippen LogP contribution in [0.25, 0.3) is 5.69 Å². The molecule has 0 radical (unpaired) electrons. The normalized spacial score (nSPS) is 11.4. The monoisotopic (exact) mass is 285 g/mol. The molecular weight excluding hydrogens is 275 g/mol. The summed E-state index contributed by atoms with van der Waals surface area (Å²) in [6.07, 6.45) is -3.10. The quantitative estimate of drug-likeness (QED) is 0.678. The number of alkyl halides is 3. The van der Waals surface area contributed by atoms with Gasteiger partial charge in [-0.25, -0.2) is 9.48 Å². The average molecular weight is 285 g/mol. The van der Waals surface area contributed by atoms with Crippen molar-refractivity contribution in [2.45, 2.75) is 6.18 Å². The lowest BCUT2D eigenvalue weighted by molar-refractivity contribution is -0.137. The smallest absolute Gasteiger partial charge is 0.419 e. The molecule has 5 nitrogen and oxygen atoms in total. The second kappa shape index (κ2) is 4.87. The summed E-state index contributed by atoms with van der Waals surface area (Å²) in [5, 5.41) is 3.60. The third-order valence-electron chi connectivity index (χ3n) is 2.61. The lowest BCUT2D eigenvalue weighted by atomic mass is 10.1. The van der Waals surface area contributed by atoms with Crippen LogP contribution in [0.1, 0.15) is 15.9 Å². The Bertz CT molecular complexity index is 650. The van der Waals surface area contributed by atoms with E-state index in [-0.39, 0.29) is 16.9 Å². The maximum atomic E-state index is 12.6. The Kier molecular flexibility index (Phi) is 3.39. The highest BCUT2D eigenvalue weighted by atomic mass is 19.4. The number of esters is 1. The highest BCUT2D eigenvalue weighted by Gasteiger charge is 2.32. The minimum absolute atomic E-state index is 0.0318. The zero-order chi connectivity index (χ0) is 14.9. The minimum Gasteiger partial charge on any atom is -0.465 e. The third-order valence-corrected chi connectivity index (χ3v) is 2.61. The largest absolute Gasteiger partial charge is 0.465 e. The Morgan fingerprint density at radius 3 is 2.65 bits per heavy atom. The number of nitrogen functional groups attached to an aromatic ring is 1. The molecule has 0 aliphatic rings. The topological polar surface area (TPSA) is 70.1 Å². The van der Waals surface area contributed by atoms with E-state index < -0.39 is 17.7 Å². The maximum Gasteiger partial charge on any atom is 0.419 e. The summed E-state index contributed by atoms with van der Waals surface area (Å²) in [5.74, 6) is -0.712. The fourth-order valence-electron chi connectivity index (χ4n) is 1.68. The van der Waals surface area contributed by atoms with E-state index in [2.05, 4.69) is 9.84 Å². The molecule has 0 saturated heterocycles. The Morgan fingerprint density at radius 2 is 2.10 bits per heavy atom. The van der Waals surface area contributed by atoms with Gasteiger partial charge in [0.05, 0.1) is 30.1 Å². The van der Waals surface area contributed by atoms with Gasteiger partial charge in [0.25, 0.3) is 0 Å². The van der Waals surface area contributed by atoms with Crippen LogP contribution in [0.15, 0.2) is 30.6 Å². The van der Waals surface area contributed by atoms with Crippen LogP contribution in [0.4, 0.5) is 18.9 Å². The summed E-state index contributed by atoms with van der Waals surface area (Å²) >= 11 is 0. The number of nitrogens with zero attached hydrogens (tertiary/aromatic N) is 2. The van der Waals surface area contributed by atoms with Crippen molar-refractivity contribution in [3.05, 3.63) is 41.7 Å². The molecule has 0 unspecified atom stereocenters. The number of hydrogen-bond acceptors (Lipinski definition) is 4. The van der Waals surface area contributed by atoms with Crippen molar-refractivity contribution in [1.29, 1.82) is 0 Å². The Morgan fingerprint density at radius 1 is 1.40 bits per heavy atom. The number of carbonyl (C=O) groups excluding carboxylic acids is 1. The van der Waals surface area contributed by atoms with Crippen molar-refractivity contribution in [1.82, 2.24) is 9.78 Å². The number of halogens is 3. The van der Waals surface area contributed by atoms with Gasteiger partial charge in [-0.2, -0.15) is 18.3 Å². The van der Waals surface area contributed by atoms with Crippen LogP contribution in [0.5, 0.6) is 0 Å². The molecule has 1 aromatic heterocycles. The highest BCUT2D eigenvalue weighted by molar-refractivity contribution is 5.95. The van der Waals surface area contributed by atoms with Crippen molar-refractivity contribution in [2.75, 3.05) is 12.8 Å². The van der Waals surface area contributed by atoms with Gasteiger partial charge in [-0.3, -0.25) is 0 Å². The SMILES string of the molecule is COC(=O)c1cccc(N)c1-n1cc(C(F)(F)F)cn1. The van der Waals surface area contributed by atoms with Crippen LogP contribution in [-0.4, -0.2) is 22.9 Å². The van der Waals surface area contributed by atoms with Gasteiger partial charge >= 0.3 is 12.1 Å². The molecule has 0 saturated carbocycles. The molecule has 8 heteroatoms. The fourth-order valence-corrected chi connectivity index (χ4v) is 1.68. The van der Waals surface area contributed by atoms with Crippen LogP contribution in [0, 0.1) is 0 Å². The summed E-state index contributed by atoms with van der Waals surface area (Å²) in [5.41, 5.74) is 4.98. The van der Waals surface area contributed by atoms with Gasteiger partial charge in [0.1, 0.15) is 5.69 Å². The van der Waals surface area contributed by atoms with E-state index in [1.54, 1.807) is 0 Å². The molecule has 0 atom stereocenters. The van der Waals surface area contributed by atoms with Crippen molar-refractivity contribution >= 4 is 11.7 Å². The number of nitrogens with two attached hydrogens (primary N) is 1. The van der Waals surface area contributed by atoms with Crippen molar-refractivity contribution in [3.63, 3.8) is 0 Å². The number of carbonyl (C=O) groups is 1. The Balaban J connectivity index is 2.58. The molecule has 2 N–H and O–H groups in total. The van der Waals surface area contributed by atoms with E-state index in [1.165, 1.54) is 25.3 Å². The molecule has 0 amide bonds. The number of hydrogen-bond donors (Lipinski definition) is 1. The van der Waals surface area contributed by atoms with Gasteiger partial charge in [0.2, 0.25) is 0 Å². The minimum atomic E-state index is -4.52. The number of methoxy groups -OCH3 is 1. The van der Waals surface area contributed by atoms with Gasteiger partial charge < -0.3 is 10.5 Å². The highest BCUT2D eigenvalue weighted by Crippen LogP contribution is 2.30. The standard InChI is InChI=1S/C12H10F3N3O2/c1-20-11(19)8-3-2-4-9(16)10(8)18-6-7(5-17-18)12(13,14)15/h2-6H,16H2,1H3. The van der Waals surface area contributed by atoms with Gasteiger partial charge in [0, 0.05) is 6.20 Å². The molecular formula is C12H10F3N3O2. The van der Waals surface area contributed by atoms with Gasteiger partial charge in [-0.1, -0.05) is 6.07 Å². The maximum absolute atomic E-state index is 12.6. The van der Waals surface area contributed by atoms with E-state index in [4.69, 9.17) is 5.73 Å². The van der Waals surface area contributed by atoms with Crippen LogP contribution in [0.2, 0.25) is 0 Å². The van der Waals surface area contributed by atoms with Gasteiger partial charge in [-0.15, -0.1) is 0 Å². The predicted octanol–water partition coefficient (Wildman–Crippen LogP) is 2.26. The van der Waals surface area contributed by atoms with Crippen LogP contribution >= 0.6 is 0 Å². The van der Waals surface area contributed by atoms with E-state index in [0.717, 1.165) is 10.9 Å². The molecule has 0 bridgehead atoms. The summed E-state index contributed by atoms with van der Waals surface area (Å²) in [6, 6.07) is 4.35. The van der Waals surface area contributed by atoms with E-state index in [9.17, 15) is 18.0 Å². The number of anilines is 1. The zero-order valence-electron chi connectivity index (χ0n) is 10.3. The van der Waals surface area contributed by atoms with Crippen LogP contribution < -0.4 is 5.73 Å². The second-order valence-corrected chi connectivity index (χ2v) is 3.91. The summed E-state index contributed by atoms with van der Waals surface area (Å²) in [6.45, 7) is 0. The number of aromatic nitrogens is 2. The fraction of sp³-hybridized carbons (Fsp3) is 0.167. The van der Waals surface area contributed by atoms with E-state index in [1.807, 2.05) is 0 Å². The van der Waals surface area contributed by atoms with Crippen LogP contribution in [0.3, 0.4) is 0 Å². The number of ether oxygens (including phenoxy) is 1. The molecule has 0 aliphatic carbocycles. The molecule has 0 aliphatic heterocycles. The summed E-state index contributed by atoms with van der Waals surface area (Å²) in [7, 11) is 1.17. The molecule has 2 rings (SSSR count). The number of para-hydroxylation sites is 1. The molecule has 0 fully saturated rings. The molecule has 20 heavy (non-hydrogen) atoms. The van der Waals surface area contributed by atoms with Crippen molar-refractivity contribution in [2.24, 2.45) is 0 Å². The lowest BCUT2D eigenvalue weighted by Crippen LogP contribution is -2.11. The molecule has 106 valence electrons. The third kappa shape index (κ3) is 2.44. The van der Waals surface area contributed by atoms with Crippen molar-refractivity contribution < 1.29 is 22.7 Å². The number of benzene rings is 1. The Labute approximate surface area is 111 Å². The predicted molar refractivity (Wildman–Crippen MR) is 64.3 cm³/mol. The summed E-state index contributed by atoms with van der Waals surface area (Å²) < 4.78 is 43.2. The van der Waals surface area contributed by atoms with E-state index >= 15 is 0 Å². The Hall–Kier alpha value is -2.51. The van der Waals surface area contributed by atoms with Crippen LogP contribution in [-0.2, 0) is 10.9 Å². The first-order chi connectivity index (χ1) is 9.34. The first-order valence-corrected chi connectivity index (χ1v) is 5.43. The average Bonchev–Trinajstić information content (AvgIpc) is 2.86. The second-order valence-electron chi connectivity index (χ2n) is 3.91. The van der Waals surface area contributed by atoms with Gasteiger partial charge in [0.15, 0.2) is 0 Å². The molecule has 1 heterocycles. The molecule has 0 spiro atoms. The first kappa shape index (κ1) is 13.9. The summed E-state index contributed by atoms with van der Waals surface area (Å²) in [4.78, 5) is 11.6. The first-order valence-electron chi connectivity index (χ1n) is 5.43. The zero-order valence-corrected chi connectivity index (χ0v) is 10.3. The van der Waals surface area contributed by atoms with Crippen molar-refractivity contribution in [3.8, 4) is 5.69 Å². The number of rotatable bonds is 2. The van der Waals surface area contributed by atoms with Gasteiger partial charge in [-0.05, 0) is 12.1 Å². The lowest BCUT2D eigenvalue weighted by Gasteiger charge is -2.10.